The highest BCUT2D eigenvalue weighted by Gasteiger charge is 2.17. The Labute approximate surface area is 173 Å². The van der Waals surface area contributed by atoms with E-state index in [-0.39, 0.29) is 17.1 Å². The highest BCUT2D eigenvalue weighted by atomic mass is 16.5. The van der Waals surface area contributed by atoms with Crippen molar-refractivity contribution in [3.63, 3.8) is 0 Å². The number of benzene rings is 2. The number of para-hydroxylation sites is 1. The molecule has 0 aliphatic heterocycles. The maximum atomic E-state index is 11.2. The van der Waals surface area contributed by atoms with E-state index in [1.165, 1.54) is 17.1 Å². The van der Waals surface area contributed by atoms with E-state index >= 15 is 0 Å². The number of carbonyl (C=O) groups is 1. The van der Waals surface area contributed by atoms with Gasteiger partial charge in [0.2, 0.25) is 0 Å². The number of hydrogen-bond acceptors (Lipinski definition) is 6. The second kappa shape index (κ2) is 7.47. The fraction of sp³-hybridized carbons (Fsp3) is 0.182. The number of aromatic carboxylic acids is 1. The predicted molar refractivity (Wildman–Crippen MR) is 114 cm³/mol. The second-order valence-corrected chi connectivity index (χ2v) is 7.82. The average molecular weight is 403 g/mol. The summed E-state index contributed by atoms with van der Waals surface area (Å²) in [7, 11) is 0. The molecule has 0 aliphatic carbocycles. The first-order valence-electron chi connectivity index (χ1n) is 9.40. The lowest BCUT2D eigenvalue weighted by Gasteiger charge is -2.22. The van der Waals surface area contributed by atoms with Crippen molar-refractivity contribution >= 4 is 22.7 Å². The van der Waals surface area contributed by atoms with Gasteiger partial charge in [-0.05, 0) is 51.1 Å². The van der Waals surface area contributed by atoms with Crippen LogP contribution in [0.1, 0.15) is 31.1 Å². The summed E-state index contributed by atoms with van der Waals surface area (Å²) >= 11 is 0. The van der Waals surface area contributed by atoms with Gasteiger partial charge in [-0.2, -0.15) is 10.1 Å². The van der Waals surface area contributed by atoms with Crippen molar-refractivity contribution < 1.29 is 14.6 Å². The molecule has 4 rings (SSSR count). The highest BCUT2D eigenvalue weighted by molar-refractivity contribution is 5.91. The van der Waals surface area contributed by atoms with Gasteiger partial charge in [-0.1, -0.05) is 18.2 Å². The Kier molecular flexibility index (Phi) is 4.83. The van der Waals surface area contributed by atoms with E-state index < -0.39 is 5.97 Å². The summed E-state index contributed by atoms with van der Waals surface area (Å²) in [6.07, 6.45) is 2.65. The zero-order valence-electron chi connectivity index (χ0n) is 16.8. The molecule has 0 bridgehead atoms. The van der Waals surface area contributed by atoms with Gasteiger partial charge in [0.05, 0.1) is 17.3 Å². The number of carboxylic acid groups (broad SMARTS) is 1. The van der Waals surface area contributed by atoms with Crippen molar-refractivity contribution in [2.45, 2.75) is 26.3 Å². The van der Waals surface area contributed by atoms with Gasteiger partial charge in [-0.15, -0.1) is 0 Å². The molecule has 0 saturated heterocycles. The summed E-state index contributed by atoms with van der Waals surface area (Å²) in [6.45, 7) is 6.09. The number of ether oxygens (including phenoxy) is 1. The standard InChI is InChI=1S/C22H21N5O3/c1-22(2,3)26-19-17-11-16(30-15-7-5-4-6-8-15)9-10-18(17)24-21(25-19)27-13-14(12-23-27)20(28)29/h4-13H,1-3H3,(H,28,29)(H,24,25,26). The van der Waals surface area contributed by atoms with Crippen LogP contribution in [0.25, 0.3) is 16.9 Å². The van der Waals surface area contributed by atoms with Gasteiger partial charge < -0.3 is 15.2 Å². The quantitative estimate of drug-likeness (QED) is 0.505. The third-order valence-corrected chi connectivity index (χ3v) is 4.16. The summed E-state index contributed by atoms with van der Waals surface area (Å²) < 4.78 is 7.30. The molecule has 0 radical (unpaired) electrons. The zero-order valence-corrected chi connectivity index (χ0v) is 16.8. The number of carboxylic acids is 1. The Morgan fingerprint density at radius 1 is 1.07 bits per heavy atom. The summed E-state index contributed by atoms with van der Waals surface area (Å²) in [5, 5.41) is 17.4. The van der Waals surface area contributed by atoms with Crippen molar-refractivity contribution in [2.24, 2.45) is 0 Å². The van der Waals surface area contributed by atoms with Crippen molar-refractivity contribution in [1.29, 1.82) is 0 Å². The van der Waals surface area contributed by atoms with E-state index in [0.29, 0.717) is 17.1 Å². The van der Waals surface area contributed by atoms with Crippen LogP contribution in [0.3, 0.4) is 0 Å². The molecule has 8 heteroatoms. The predicted octanol–water partition coefficient (Wildman–Crippen LogP) is 4.52. The van der Waals surface area contributed by atoms with Crippen molar-refractivity contribution in [2.75, 3.05) is 5.32 Å². The van der Waals surface area contributed by atoms with Gasteiger partial charge >= 0.3 is 5.97 Å². The van der Waals surface area contributed by atoms with Crippen LogP contribution >= 0.6 is 0 Å². The molecule has 0 atom stereocenters. The molecular weight excluding hydrogens is 382 g/mol. The van der Waals surface area contributed by atoms with E-state index in [9.17, 15) is 4.79 Å². The zero-order chi connectivity index (χ0) is 21.3. The molecule has 4 aromatic rings. The van der Waals surface area contributed by atoms with Gasteiger partial charge in [0.1, 0.15) is 17.3 Å². The third-order valence-electron chi connectivity index (χ3n) is 4.16. The molecular formula is C22H21N5O3. The minimum Gasteiger partial charge on any atom is -0.478 e. The number of anilines is 1. The SMILES string of the molecule is CC(C)(C)Nc1nc(-n2cc(C(=O)O)cn2)nc2ccc(Oc3ccccc3)cc12. The molecule has 0 fully saturated rings. The van der Waals surface area contributed by atoms with Crippen LogP contribution in [0.5, 0.6) is 11.5 Å². The first-order chi connectivity index (χ1) is 14.3. The molecule has 0 unspecified atom stereocenters. The molecule has 0 saturated carbocycles. The largest absolute Gasteiger partial charge is 0.478 e. The molecule has 0 amide bonds. The minimum absolute atomic E-state index is 0.0654. The van der Waals surface area contributed by atoms with E-state index in [1.807, 2.05) is 69.3 Å². The Morgan fingerprint density at radius 2 is 1.83 bits per heavy atom. The fourth-order valence-corrected chi connectivity index (χ4v) is 2.88. The Balaban J connectivity index is 1.80. The maximum Gasteiger partial charge on any atom is 0.338 e. The molecule has 2 N–H and O–H groups in total. The molecule has 0 spiro atoms. The van der Waals surface area contributed by atoms with E-state index in [0.717, 1.165) is 11.1 Å². The monoisotopic (exact) mass is 403 g/mol. The number of hydrogen-bond donors (Lipinski definition) is 2. The summed E-state index contributed by atoms with van der Waals surface area (Å²) in [5.74, 6) is 1.22. The van der Waals surface area contributed by atoms with Gasteiger partial charge in [0.25, 0.3) is 5.95 Å². The van der Waals surface area contributed by atoms with Crippen LogP contribution in [0.2, 0.25) is 0 Å². The Morgan fingerprint density at radius 3 is 2.50 bits per heavy atom. The van der Waals surface area contributed by atoms with Crippen molar-refractivity contribution in [1.82, 2.24) is 19.7 Å². The summed E-state index contributed by atoms with van der Waals surface area (Å²) in [4.78, 5) is 20.3. The number of rotatable bonds is 5. The summed E-state index contributed by atoms with van der Waals surface area (Å²) in [6, 6.07) is 15.1. The third kappa shape index (κ3) is 4.22. The average Bonchev–Trinajstić information content (AvgIpc) is 3.18. The topological polar surface area (TPSA) is 102 Å². The van der Waals surface area contributed by atoms with E-state index in [1.54, 1.807) is 0 Å². The first-order valence-corrected chi connectivity index (χ1v) is 9.40. The lowest BCUT2D eigenvalue weighted by molar-refractivity contribution is 0.0697. The number of nitrogens with zero attached hydrogens (tertiary/aromatic N) is 4. The molecule has 30 heavy (non-hydrogen) atoms. The second-order valence-electron chi connectivity index (χ2n) is 7.82. The molecule has 8 nitrogen and oxygen atoms in total. The lowest BCUT2D eigenvalue weighted by atomic mass is 10.1. The molecule has 0 aliphatic rings. The van der Waals surface area contributed by atoms with E-state index in [2.05, 4.69) is 20.4 Å². The van der Waals surface area contributed by atoms with Crippen LogP contribution in [0, 0.1) is 0 Å². The lowest BCUT2D eigenvalue weighted by Crippen LogP contribution is -2.27. The van der Waals surface area contributed by atoms with Gasteiger partial charge in [0.15, 0.2) is 0 Å². The van der Waals surface area contributed by atoms with Gasteiger partial charge in [-0.3, -0.25) is 0 Å². The number of aromatic nitrogens is 4. The summed E-state index contributed by atoms with van der Waals surface area (Å²) in [5.41, 5.74) is 0.487. The molecule has 2 aromatic heterocycles. The van der Waals surface area contributed by atoms with Crippen LogP contribution in [0.4, 0.5) is 5.82 Å². The molecule has 2 aromatic carbocycles. The maximum absolute atomic E-state index is 11.2. The van der Waals surface area contributed by atoms with Gasteiger partial charge in [-0.25, -0.2) is 14.5 Å². The first kappa shape index (κ1) is 19.4. The van der Waals surface area contributed by atoms with Gasteiger partial charge in [0, 0.05) is 17.1 Å². The number of fused-ring (bicyclic) bond motifs is 1. The van der Waals surface area contributed by atoms with Crippen LogP contribution in [-0.2, 0) is 0 Å². The van der Waals surface area contributed by atoms with E-state index in [4.69, 9.17) is 9.84 Å². The molecule has 2 heterocycles. The smallest absolute Gasteiger partial charge is 0.338 e. The Hall–Kier alpha value is -3.94. The van der Waals surface area contributed by atoms with Crippen molar-refractivity contribution in [3.05, 3.63) is 66.5 Å². The normalized spacial score (nSPS) is 11.4. The van der Waals surface area contributed by atoms with Crippen LogP contribution < -0.4 is 10.1 Å². The minimum atomic E-state index is -1.06. The fourth-order valence-electron chi connectivity index (χ4n) is 2.88. The van der Waals surface area contributed by atoms with Crippen LogP contribution in [0.15, 0.2) is 60.9 Å². The Bertz CT molecular complexity index is 1210. The van der Waals surface area contributed by atoms with Crippen LogP contribution in [-0.4, -0.2) is 36.4 Å². The van der Waals surface area contributed by atoms with Crippen molar-refractivity contribution in [3.8, 4) is 17.4 Å². The molecule has 152 valence electrons. The highest BCUT2D eigenvalue weighted by Crippen LogP contribution is 2.30. The number of nitrogens with one attached hydrogen (secondary N) is 1.